The molecule has 8 nitrogen and oxygen atoms in total. The van der Waals surface area contributed by atoms with Gasteiger partial charge in [-0.1, -0.05) is 73.8 Å². The summed E-state index contributed by atoms with van der Waals surface area (Å²) in [6.07, 6.45) is 1.38. The van der Waals surface area contributed by atoms with Crippen molar-refractivity contribution < 1.29 is 23.8 Å². The van der Waals surface area contributed by atoms with Gasteiger partial charge in [-0.2, -0.15) is 5.10 Å². The van der Waals surface area contributed by atoms with E-state index in [0.29, 0.717) is 47.8 Å². The zero-order valence-corrected chi connectivity index (χ0v) is 28.0. The number of fused-ring (bicyclic) bond motifs is 1. The van der Waals surface area contributed by atoms with Gasteiger partial charge in [0.25, 0.3) is 5.91 Å². The highest BCUT2D eigenvalue weighted by Crippen LogP contribution is 2.41. The van der Waals surface area contributed by atoms with E-state index in [9.17, 15) is 9.59 Å². The number of hydrogen-bond acceptors (Lipinski definition) is 6. The molecule has 4 aromatic carbocycles. The van der Waals surface area contributed by atoms with Gasteiger partial charge in [0.05, 0.1) is 30.4 Å². The van der Waals surface area contributed by atoms with E-state index in [1.165, 1.54) is 19.4 Å². The number of H-pyrrole nitrogens is 1. The van der Waals surface area contributed by atoms with E-state index in [4.69, 9.17) is 25.8 Å². The first-order chi connectivity index (χ1) is 20.7. The number of methoxy groups -OCH3 is 2. The number of hydrogen-bond donors (Lipinski definition) is 2. The maximum Gasteiger partial charge on any atom is 0.347 e. The molecule has 0 aliphatic heterocycles. The average Bonchev–Trinajstić information content (AvgIpc) is 3.41. The Hall–Kier alpha value is -3.64. The predicted molar refractivity (Wildman–Crippen MR) is 178 cm³/mol. The fraction of sp³-hybridized carbons (Fsp3) is 0.0645. The van der Waals surface area contributed by atoms with E-state index in [-0.39, 0.29) is 11.3 Å². The smallest absolute Gasteiger partial charge is 0.347 e. The van der Waals surface area contributed by atoms with Gasteiger partial charge < -0.3 is 19.2 Å². The summed E-state index contributed by atoms with van der Waals surface area (Å²) in [6.45, 7) is 0. The number of aromatic amines is 1. The Morgan fingerprint density at radius 2 is 1.63 bits per heavy atom. The molecule has 0 aliphatic rings. The Balaban J connectivity index is 1.48. The molecule has 2 N–H and O–H groups in total. The first-order valence-electron chi connectivity index (χ1n) is 12.5. The summed E-state index contributed by atoms with van der Waals surface area (Å²) in [5.74, 6) is -0.110. The van der Waals surface area contributed by atoms with Crippen LogP contribution in [0.1, 0.15) is 26.4 Å². The van der Waals surface area contributed by atoms with E-state index < -0.39 is 11.9 Å². The van der Waals surface area contributed by atoms with Crippen LogP contribution in [-0.2, 0) is 0 Å². The number of esters is 1. The highest BCUT2D eigenvalue weighted by Gasteiger charge is 2.23. The summed E-state index contributed by atoms with van der Waals surface area (Å²) in [7, 11) is 3.01. The fourth-order valence-electron chi connectivity index (χ4n) is 4.46. The minimum absolute atomic E-state index is 0.148. The SMILES string of the molecule is COc1ccc(Cl)cc1C(=O)Oc1c(Br)cc(Br)cc1C=NNC(=O)c1[nH]c2c(OC)ccc(Br)c2c1-c1ccccc1. The quantitative estimate of drug-likeness (QED) is 0.0709. The molecule has 0 bridgehead atoms. The van der Waals surface area contributed by atoms with Crippen molar-refractivity contribution in [3.05, 3.63) is 108 Å². The number of aromatic nitrogens is 1. The topological polar surface area (TPSA) is 102 Å². The monoisotopic (exact) mass is 787 g/mol. The number of carbonyl (C=O) groups excluding carboxylic acids is 2. The number of ether oxygens (including phenoxy) is 3. The summed E-state index contributed by atoms with van der Waals surface area (Å²) in [5, 5.41) is 5.34. The van der Waals surface area contributed by atoms with Crippen LogP contribution in [0.15, 0.2) is 91.3 Å². The molecular formula is C31H21Br3ClN3O5. The van der Waals surface area contributed by atoms with Crippen LogP contribution in [0.3, 0.4) is 0 Å². The van der Waals surface area contributed by atoms with Crippen LogP contribution in [0.5, 0.6) is 17.2 Å². The molecular weight excluding hydrogens is 770 g/mol. The van der Waals surface area contributed by atoms with Crippen LogP contribution in [-0.4, -0.2) is 37.3 Å². The van der Waals surface area contributed by atoms with Crippen molar-refractivity contribution in [1.82, 2.24) is 10.4 Å². The highest BCUT2D eigenvalue weighted by atomic mass is 79.9. The molecule has 0 saturated carbocycles. The van der Waals surface area contributed by atoms with Gasteiger partial charge in [-0.15, -0.1) is 0 Å². The summed E-state index contributed by atoms with van der Waals surface area (Å²) in [5.41, 5.74) is 5.60. The molecule has 43 heavy (non-hydrogen) atoms. The van der Waals surface area contributed by atoms with Gasteiger partial charge in [-0.05, 0) is 64.0 Å². The largest absolute Gasteiger partial charge is 0.496 e. The minimum atomic E-state index is -0.689. The van der Waals surface area contributed by atoms with Crippen LogP contribution in [0.25, 0.3) is 22.0 Å². The number of amides is 1. The molecule has 12 heteroatoms. The van der Waals surface area contributed by atoms with E-state index >= 15 is 0 Å². The Morgan fingerprint density at radius 1 is 0.907 bits per heavy atom. The molecule has 218 valence electrons. The van der Waals surface area contributed by atoms with E-state index in [1.807, 2.05) is 42.5 Å². The van der Waals surface area contributed by atoms with Crippen molar-refractivity contribution in [2.45, 2.75) is 0 Å². The third kappa shape index (κ3) is 6.50. The average molecular weight is 791 g/mol. The molecule has 1 aromatic heterocycles. The molecule has 0 spiro atoms. The van der Waals surface area contributed by atoms with Crippen molar-refractivity contribution in [2.24, 2.45) is 5.10 Å². The molecule has 0 radical (unpaired) electrons. The van der Waals surface area contributed by atoms with Crippen LogP contribution < -0.4 is 19.6 Å². The highest BCUT2D eigenvalue weighted by molar-refractivity contribution is 9.11. The van der Waals surface area contributed by atoms with Gasteiger partial charge in [0, 0.05) is 30.5 Å². The minimum Gasteiger partial charge on any atom is -0.496 e. The van der Waals surface area contributed by atoms with E-state index in [2.05, 4.69) is 63.3 Å². The second-order valence-electron chi connectivity index (χ2n) is 8.98. The number of halogens is 4. The van der Waals surface area contributed by atoms with Crippen molar-refractivity contribution in [2.75, 3.05) is 14.2 Å². The van der Waals surface area contributed by atoms with Crippen molar-refractivity contribution in [3.63, 3.8) is 0 Å². The Labute approximate surface area is 276 Å². The Bertz CT molecular complexity index is 1890. The summed E-state index contributed by atoms with van der Waals surface area (Å²) in [6, 6.07) is 21.3. The van der Waals surface area contributed by atoms with Gasteiger partial charge in [0.1, 0.15) is 22.8 Å². The summed E-state index contributed by atoms with van der Waals surface area (Å²) >= 11 is 16.6. The predicted octanol–water partition coefficient (Wildman–Crippen LogP) is 8.78. The standard InChI is InChI=1S/C31H21Br3ClN3O5/c1-41-23-10-8-19(35)14-20(23)31(40)43-29-17(12-18(32)13-22(29)34)15-36-38-30(39)28-25(16-6-4-3-5-7-16)26-21(33)9-11-24(42-2)27(26)37-28/h3-15,37H,1-2H3,(H,38,39). The maximum atomic E-state index is 13.6. The van der Waals surface area contributed by atoms with Gasteiger partial charge >= 0.3 is 5.97 Å². The first kappa shape index (κ1) is 30.8. The summed E-state index contributed by atoms with van der Waals surface area (Å²) < 4.78 is 18.5. The third-order valence-electron chi connectivity index (χ3n) is 6.36. The number of nitrogens with one attached hydrogen (secondary N) is 2. The molecule has 0 atom stereocenters. The Kier molecular flexibility index (Phi) is 9.55. The van der Waals surface area contributed by atoms with Crippen molar-refractivity contribution in [3.8, 4) is 28.4 Å². The van der Waals surface area contributed by atoms with Crippen LogP contribution in [0.4, 0.5) is 0 Å². The second kappa shape index (κ2) is 13.3. The van der Waals surface area contributed by atoms with Gasteiger partial charge in [-0.3, -0.25) is 4.79 Å². The number of carbonyl (C=O) groups is 2. The number of hydrazone groups is 1. The number of rotatable bonds is 8. The lowest BCUT2D eigenvalue weighted by Gasteiger charge is -2.12. The van der Waals surface area contributed by atoms with Gasteiger partial charge in [0.15, 0.2) is 5.75 Å². The lowest BCUT2D eigenvalue weighted by atomic mass is 10.0. The van der Waals surface area contributed by atoms with Crippen LogP contribution >= 0.6 is 59.4 Å². The van der Waals surface area contributed by atoms with Crippen molar-refractivity contribution in [1.29, 1.82) is 0 Å². The molecule has 1 amide bonds. The first-order valence-corrected chi connectivity index (χ1v) is 15.3. The Morgan fingerprint density at radius 3 is 2.35 bits per heavy atom. The van der Waals surface area contributed by atoms with E-state index in [1.54, 1.807) is 31.4 Å². The zero-order valence-electron chi connectivity index (χ0n) is 22.5. The second-order valence-corrected chi connectivity index (χ2v) is 12.0. The maximum absolute atomic E-state index is 13.6. The van der Waals surface area contributed by atoms with Gasteiger partial charge in [0.2, 0.25) is 0 Å². The number of benzene rings is 4. The molecule has 1 heterocycles. The molecule has 0 saturated heterocycles. The van der Waals surface area contributed by atoms with E-state index in [0.717, 1.165) is 15.4 Å². The lowest BCUT2D eigenvalue weighted by Crippen LogP contribution is -2.19. The molecule has 0 aliphatic carbocycles. The summed E-state index contributed by atoms with van der Waals surface area (Å²) in [4.78, 5) is 29.9. The van der Waals surface area contributed by atoms with Gasteiger partial charge in [-0.25, -0.2) is 10.2 Å². The van der Waals surface area contributed by atoms with Crippen LogP contribution in [0.2, 0.25) is 5.02 Å². The normalized spacial score (nSPS) is 11.1. The van der Waals surface area contributed by atoms with Crippen molar-refractivity contribution >= 4 is 88.4 Å². The van der Waals surface area contributed by atoms with Crippen LogP contribution in [0, 0.1) is 0 Å². The third-order valence-corrected chi connectivity index (χ3v) is 8.30. The number of nitrogens with zero attached hydrogens (tertiary/aromatic N) is 1. The lowest BCUT2D eigenvalue weighted by molar-refractivity contribution is 0.0729. The molecule has 0 unspecified atom stereocenters. The molecule has 5 rings (SSSR count). The zero-order chi connectivity index (χ0) is 30.7. The molecule has 5 aromatic rings. The molecule has 0 fully saturated rings. The fourth-order valence-corrected chi connectivity index (χ4v) is 6.50.